The second-order valence-corrected chi connectivity index (χ2v) is 4.52. The summed E-state index contributed by atoms with van der Waals surface area (Å²) >= 11 is 0. The first-order chi connectivity index (χ1) is 10.4. The maximum atomic E-state index is 12.1. The Hall–Kier alpha value is -2.50. The van der Waals surface area contributed by atoms with E-state index in [4.69, 9.17) is 18.9 Å². The lowest BCUT2D eigenvalue weighted by Gasteiger charge is -2.16. The Labute approximate surface area is 129 Å². The molecular formula is C16H20O6. The number of hydrogen-bond donors (Lipinski definition) is 0. The Bertz CT molecular complexity index is 564. The van der Waals surface area contributed by atoms with Crippen LogP contribution in [-0.4, -0.2) is 32.3 Å². The molecule has 0 bridgehead atoms. The molecular weight excluding hydrogens is 288 g/mol. The molecule has 6 heteroatoms. The predicted molar refractivity (Wildman–Crippen MR) is 80.2 cm³/mol. The number of rotatable bonds is 7. The van der Waals surface area contributed by atoms with Crippen LogP contribution in [0, 0.1) is 0 Å². The first-order valence-electron chi connectivity index (χ1n) is 6.73. The highest BCUT2D eigenvalue weighted by molar-refractivity contribution is 5.89. The van der Waals surface area contributed by atoms with Gasteiger partial charge in [-0.05, 0) is 25.5 Å². The Kier molecular flexibility index (Phi) is 6.44. The summed E-state index contributed by atoms with van der Waals surface area (Å²) in [6.45, 7) is 6.69. The summed E-state index contributed by atoms with van der Waals surface area (Å²) in [5, 5.41) is 0. The van der Waals surface area contributed by atoms with E-state index in [0.29, 0.717) is 11.5 Å². The van der Waals surface area contributed by atoms with Gasteiger partial charge in [-0.25, -0.2) is 9.59 Å². The number of benzene rings is 1. The second-order valence-electron chi connectivity index (χ2n) is 4.52. The fourth-order valence-corrected chi connectivity index (χ4v) is 1.56. The monoisotopic (exact) mass is 308 g/mol. The number of ether oxygens (including phenoxy) is 4. The van der Waals surface area contributed by atoms with Crippen molar-refractivity contribution in [3.63, 3.8) is 0 Å². The van der Waals surface area contributed by atoms with Crippen LogP contribution in [0.15, 0.2) is 30.4 Å². The highest BCUT2D eigenvalue weighted by Gasteiger charge is 2.24. The molecule has 0 saturated heterocycles. The molecule has 1 aromatic carbocycles. The smallest absolute Gasteiger partial charge is 0.352 e. The molecule has 0 aromatic heterocycles. The molecule has 0 N–H and O–H groups in total. The molecule has 0 aliphatic carbocycles. The zero-order valence-corrected chi connectivity index (χ0v) is 13.2. The van der Waals surface area contributed by atoms with Gasteiger partial charge in [0, 0.05) is 11.6 Å². The minimum atomic E-state index is -1.00. The first-order valence-corrected chi connectivity index (χ1v) is 6.73. The second kappa shape index (κ2) is 8.07. The normalized spacial score (nSPS) is 11.3. The van der Waals surface area contributed by atoms with Crippen molar-refractivity contribution in [2.24, 2.45) is 0 Å². The predicted octanol–water partition coefficient (Wildman–Crippen LogP) is 2.51. The molecule has 0 radical (unpaired) electrons. The Balaban J connectivity index is 2.86. The molecule has 22 heavy (non-hydrogen) atoms. The molecule has 0 fully saturated rings. The quantitative estimate of drug-likeness (QED) is 0.438. The van der Waals surface area contributed by atoms with Crippen LogP contribution in [0.4, 0.5) is 0 Å². The van der Waals surface area contributed by atoms with Gasteiger partial charge in [0.1, 0.15) is 5.75 Å². The number of carbonyl (C=O) groups excluding carboxylic acids is 2. The molecule has 1 atom stereocenters. The van der Waals surface area contributed by atoms with Crippen LogP contribution in [0.1, 0.15) is 20.3 Å². The first kappa shape index (κ1) is 17.6. The van der Waals surface area contributed by atoms with Crippen molar-refractivity contribution in [3.05, 3.63) is 30.4 Å². The minimum Gasteiger partial charge on any atom is -0.497 e. The van der Waals surface area contributed by atoms with Gasteiger partial charge >= 0.3 is 11.9 Å². The van der Waals surface area contributed by atoms with Crippen molar-refractivity contribution >= 4 is 11.9 Å². The van der Waals surface area contributed by atoms with E-state index in [0.717, 1.165) is 0 Å². The van der Waals surface area contributed by atoms with Crippen LogP contribution in [0.25, 0.3) is 0 Å². The Morgan fingerprint density at radius 3 is 2.36 bits per heavy atom. The van der Waals surface area contributed by atoms with E-state index >= 15 is 0 Å². The lowest BCUT2D eigenvalue weighted by molar-refractivity contribution is -0.159. The number of hydrogen-bond acceptors (Lipinski definition) is 6. The zero-order valence-electron chi connectivity index (χ0n) is 13.2. The summed E-state index contributed by atoms with van der Waals surface area (Å²) in [6.07, 6.45) is -0.716. The fraction of sp³-hybridized carbons (Fsp3) is 0.375. The van der Waals surface area contributed by atoms with Crippen LogP contribution in [0.3, 0.4) is 0 Å². The summed E-state index contributed by atoms with van der Waals surface area (Å²) in [6, 6.07) is 4.76. The van der Waals surface area contributed by atoms with E-state index < -0.39 is 18.0 Å². The van der Waals surface area contributed by atoms with E-state index in [1.54, 1.807) is 25.1 Å². The Morgan fingerprint density at radius 2 is 1.86 bits per heavy atom. The number of methoxy groups -OCH3 is 2. The number of esters is 2. The Morgan fingerprint density at radius 1 is 1.18 bits per heavy atom. The molecule has 120 valence electrons. The van der Waals surface area contributed by atoms with Gasteiger partial charge in [0.05, 0.1) is 14.2 Å². The SMILES string of the molecule is C=C(C)C(=O)OC(CC)C(=O)Oc1ccc(OC)cc1OC. The third kappa shape index (κ3) is 4.51. The van der Waals surface area contributed by atoms with Crippen LogP contribution in [-0.2, 0) is 14.3 Å². The van der Waals surface area contributed by atoms with Gasteiger partial charge in [-0.1, -0.05) is 13.5 Å². The summed E-state index contributed by atoms with van der Waals surface area (Å²) in [5.74, 6) is -0.185. The molecule has 1 unspecified atom stereocenters. The van der Waals surface area contributed by atoms with Crippen molar-refractivity contribution in [1.29, 1.82) is 0 Å². The molecule has 6 nitrogen and oxygen atoms in total. The highest BCUT2D eigenvalue weighted by atomic mass is 16.6. The molecule has 1 aromatic rings. The van der Waals surface area contributed by atoms with E-state index in [-0.39, 0.29) is 17.7 Å². The van der Waals surface area contributed by atoms with Gasteiger partial charge in [-0.15, -0.1) is 0 Å². The average Bonchev–Trinajstić information content (AvgIpc) is 2.52. The zero-order chi connectivity index (χ0) is 16.7. The van der Waals surface area contributed by atoms with Gasteiger partial charge in [0.15, 0.2) is 17.6 Å². The van der Waals surface area contributed by atoms with Crippen molar-refractivity contribution in [1.82, 2.24) is 0 Å². The maximum Gasteiger partial charge on any atom is 0.352 e. The van der Waals surface area contributed by atoms with Crippen molar-refractivity contribution < 1.29 is 28.5 Å². The van der Waals surface area contributed by atoms with Gasteiger partial charge in [0.25, 0.3) is 0 Å². The molecule has 0 spiro atoms. The molecule has 0 saturated carbocycles. The maximum absolute atomic E-state index is 12.1. The molecule has 0 aliphatic heterocycles. The van der Waals surface area contributed by atoms with Crippen molar-refractivity contribution in [2.75, 3.05) is 14.2 Å². The van der Waals surface area contributed by atoms with Crippen LogP contribution in [0.5, 0.6) is 17.2 Å². The largest absolute Gasteiger partial charge is 0.497 e. The molecule has 0 aliphatic rings. The average molecular weight is 308 g/mol. The lowest BCUT2D eigenvalue weighted by atomic mass is 10.2. The molecule has 0 amide bonds. The topological polar surface area (TPSA) is 71.1 Å². The standard InChI is InChI=1S/C16H20O6/c1-6-12(21-15(17)10(2)3)16(18)22-13-8-7-11(19-4)9-14(13)20-5/h7-9,12H,2,6H2,1,3-5H3. The van der Waals surface area contributed by atoms with Crippen LogP contribution >= 0.6 is 0 Å². The third-order valence-electron chi connectivity index (χ3n) is 2.81. The van der Waals surface area contributed by atoms with E-state index in [9.17, 15) is 9.59 Å². The third-order valence-corrected chi connectivity index (χ3v) is 2.81. The van der Waals surface area contributed by atoms with Crippen LogP contribution < -0.4 is 14.2 Å². The van der Waals surface area contributed by atoms with Crippen molar-refractivity contribution in [3.8, 4) is 17.2 Å². The summed E-state index contributed by atoms with van der Waals surface area (Å²) in [7, 11) is 2.97. The summed E-state index contributed by atoms with van der Waals surface area (Å²) < 4.78 is 20.5. The van der Waals surface area contributed by atoms with E-state index in [2.05, 4.69) is 6.58 Å². The lowest BCUT2D eigenvalue weighted by Crippen LogP contribution is -2.30. The van der Waals surface area contributed by atoms with Crippen molar-refractivity contribution in [2.45, 2.75) is 26.4 Å². The molecule has 0 heterocycles. The van der Waals surface area contributed by atoms with Gasteiger partial charge < -0.3 is 18.9 Å². The summed E-state index contributed by atoms with van der Waals surface area (Å²) in [5.41, 5.74) is 0.216. The number of carbonyl (C=O) groups is 2. The van der Waals surface area contributed by atoms with Gasteiger partial charge in [0.2, 0.25) is 0 Å². The van der Waals surface area contributed by atoms with Crippen LogP contribution in [0.2, 0.25) is 0 Å². The van der Waals surface area contributed by atoms with E-state index in [1.165, 1.54) is 21.1 Å². The van der Waals surface area contributed by atoms with Gasteiger partial charge in [-0.2, -0.15) is 0 Å². The van der Waals surface area contributed by atoms with Gasteiger partial charge in [-0.3, -0.25) is 0 Å². The summed E-state index contributed by atoms with van der Waals surface area (Å²) in [4.78, 5) is 23.6. The fourth-order valence-electron chi connectivity index (χ4n) is 1.56. The minimum absolute atomic E-state index is 0.216. The van der Waals surface area contributed by atoms with E-state index in [1.807, 2.05) is 0 Å². The molecule has 1 rings (SSSR count). The highest BCUT2D eigenvalue weighted by Crippen LogP contribution is 2.31.